The first-order chi connectivity index (χ1) is 12.6. The second kappa shape index (κ2) is 9.36. The van der Waals surface area contributed by atoms with Crippen molar-refractivity contribution in [1.29, 1.82) is 10.5 Å². The number of nitriles is 2. The average Bonchev–Trinajstić information content (AvgIpc) is 2.58. The van der Waals surface area contributed by atoms with Crippen molar-refractivity contribution in [2.24, 2.45) is 0 Å². The summed E-state index contributed by atoms with van der Waals surface area (Å²) in [6.07, 6.45) is 0.230. The van der Waals surface area contributed by atoms with Gasteiger partial charge < -0.3 is 9.64 Å². The number of methoxy groups -OCH3 is 1. The summed E-state index contributed by atoms with van der Waals surface area (Å²) in [5, 5.41) is 17.5. The predicted octanol–water partition coefficient (Wildman–Crippen LogP) is 2.04. The zero-order valence-corrected chi connectivity index (χ0v) is 16.8. The fourth-order valence-electron chi connectivity index (χ4n) is 2.35. The van der Waals surface area contributed by atoms with E-state index in [4.69, 9.17) is 15.3 Å². The highest BCUT2D eigenvalue weighted by atomic mass is 32.2. The number of benzene rings is 1. The standard InChI is InChI=1S/C18H24N4O4S/c1-18(2,3)21-27(24,25)16-13-14(7-8-15(16)26-4)17(23)22(11-5-9-19)12-6-10-20/h7-8,13,21H,5-6,11-12H2,1-4H3. The number of nitrogens with one attached hydrogen (secondary N) is 1. The molecule has 1 aromatic rings. The van der Waals surface area contributed by atoms with Gasteiger partial charge in [-0.2, -0.15) is 10.5 Å². The van der Waals surface area contributed by atoms with Crippen molar-refractivity contribution >= 4 is 15.9 Å². The van der Waals surface area contributed by atoms with Crippen LogP contribution in [0.1, 0.15) is 44.0 Å². The highest BCUT2D eigenvalue weighted by molar-refractivity contribution is 7.89. The lowest BCUT2D eigenvalue weighted by atomic mass is 10.1. The van der Waals surface area contributed by atoms with Gasteiger partial charge in [0.05, 0.1) is 32.1 Å². The monoisotopic (exact) mass is 392 g/mol. The van der Waals surface area contributed by atoms with Crippen molar-refractivity contribution in [1.82, 2.24) is 9.62 Å². The van der Waals surface area contributed by atoms with E-state index in [2.05, 4.69) is 4.72 Å². The van der Waals surface area contributed by atoms with Gasteiger partial charge in [0.1, 0.15) is 10.6 Å². The van der Waals surface area contributed by atoms with Gasteiger partial charge in [0, 0.05) is 24.2 Å². The Morgan fingerprint density at radius 1 is 1.19 bits per heavy atom. The molecule has 0 saturated heterocycles. The molecule has 0 aliphatic rings. The van der Waals surface area contributed by atoms with Gasteiger partial charge in [0.15, 0.2) is 0 Å². The fourth-order valence-corrected chi connectivity index (χ4v) is 3.96. The van der Waals surface area contributed by atoms with Crippen molar-refractivity contribution in [3.63, 3.8) is 0 Å². The van der Waals surface area contributed by atoms with Gasteiger partial charge in [-0.25, -0.2) is 13.1 Å². The summed E-state index contributed by atoms with van der Waals surface area (Å²) in [7, 11) is -2.58. The van der Waals surface area contributed by atoms with E-state index in [1.54, 1.807) is 20.8 Å². The van der Waals surface area contributed by atoms with Gasteiger partial charge in [0.25, 0.3) is 5.91 Å². The Hall–Kier alpha value is -2.62. The van der Waals surface area contributed by atoms with E-state index < -0.39 is 21.5 Å². The highest BCUT2D eigenvalue weighted by Crippen LogP contribution is 2.26. The van der Waals surface area contributed by atoms with Crippen LogP contribution in [0.4, 0.5) is 0 Å². The molecule has 0 heterocycles. The Kier molecular flexibility index (Phi) is 7.77. The molecular weight excluding hydrogens is 368 g/mol. The highest BCUT2D eigenvalue weighted by Gasteiger charge is 2.27. The molecule has 0 spiro atoms. The van der Waals surface area contributed by atoms with Crippen LogP contribution in [0.25, 0.3) is 0 Å². The molecule has 0 unspecified atom stereocenters. The van der Waals surface area contributed by atoms with Crippen molar-refractivity contribution in [2.75, 3.05) is 20.2 Å². The van der Waals surface area contributed by atoms with E-state index in [1.807, 2.05) is 12.1 Å². The van der Waals surface area contributed by atoms with Crippen LogP contribution >= 0.6 is 0 Å². The van der Waals surface area contributed by atoms with E-state index in [-0.39, 0.29) is 42.1 Å². The lowest BCUT2D eigenvalue weighted by molar-refractivity contribution is 0.0762. The molecule has 1 aromatic carbocycles. The van der Waals surface area contributed by atoms with Crippen molar-refractivity contribution < 1.29 is 17.9 Å². The van der Waals surface area contributed by atoms with Crippen molar-refractivity contribution in [3.8, 4) is 17.9 Å². The van der Waals surface area contributed by atoms with Gasteiger partial charge in [0.2, 0.25) is 10.0 Å². The number of carbonyl (C=O) groups excluding carboxylic acids is 1. The van der Waals surface area contributed by atoms with Crippen LogP contribution in [0.5, 0.6) is 5.75 Å². The summed E-state index contributed by atoms with van der Waals surface area (Å²) in [5.41, 5.74) is -0.573. The first-order valence-electron chi connectivity index (χ1n) is 8.31. The van der Waals surface area contributed by atoms with Gasteiger partial charge in [-0.05, 0) is 39.0 Å². The van der Waals surface area contributed by atoms with Gasteiger partial charge in [-0.1, -0.05) is 0 Å². The normalized spacial score (nSPS) is 11.3. The van der Waals surface area contributed by atoms with E-state index >= 15 is 0 Å². The molecule has 0 aliphatic heterocycles. The maximum absolute atomic E-state index is 12.8. The SMILES string of the molecule is COc1ccc(C(=O)N(CCC#N)CCC#N)cc1S(=O)(=O)NC(C)(C)C. The smallest absolute Gasteiger partial charge is 0.253 e. The van der Waals surface area contributed by atoms with Gasteiger partial charge in [-0.3, -0.25) is 4.79 Å². The van der Waals surface area contributed by atoms with E-state index in [0.717, 1.165) is 0 Å². The summed E-state index contributed by atoms with van der Waals surface area (Å²) in [5.74, 6) is -0.334. The molecule has 27 heavy (non-hydrogen) atoms. The van der Waals surface area contributed by atoms with Crippen LogP contribution in [0.3, 0.4) is 0 Å². The molecular formula is C18H24N4O4S. The summed E-state index contributed by atoms with van der Waals surface area (Å²) in [4.78, 5) is 14.0. The van der Waals surface area contributed by atoms with E-state index in [9.17, 15) is 13.2 Å². The third-order valence-electron chi connectivity index (χ3n) is 3.41. The number of amides is 1. The van der Waals surface area contributed by atoms with Crippen molar-refractivity contribution in [3.05, 3.63) is 23.8 Å². The summed E-state index contributed by atoms with van der Waals surface area (Å²) < 4.78 is 33.1. The molecule has 0 aromatic heterocycles. The second-order valence-corrected chi connectivity index (χ2v) is 8.48. The summed E-state index contributed by atoms with van der Waals surface area (Å²) in [6.45, 7) is 5.43. The largest absolute Gasteiger partial charge is 0.495 e. The first-order valence-corrected chi connectivity index (χ1v) is 9.79. The number of nitrogens with zero attached hydrogens (tertiary/aromatic N) is 3. The summed E-state index contributed by atoms with van der Waals surface area (Å²) in [6, 6.07) is 8.04. The molecule has 1 rings (SSSR count). The molecule has 0 saturated carbocycles. The molecule has 0 aliphatic carbocycles. The number of ether oxygens (including phenoxy) is 1. The van der Waals surface area contributed by atoms with Crippen molar-refractivity contribution in [2.45, 2.75) is 44.0 Å². The number of sulfonamides is 1. The maximum atomic E-state index is 12.8. The molecule has 0 fully saturated rings. The minimum Gasteiger partial charge on any atom is -0.495 e. The van der Waals surface area contributed by atoms with E-state index in [1.165, 1.54) is 30.2 Å². The molecule has 9 heteroatoms. The third kappa shape index (κ3) is 6.55. The Labute approximate surface area is 160 Å². The lowest BCUT2D eigenvalue weighted by Crippen LogP contribution is -2.40. The quantitative estimate of drug-likeness (QED) is 0.722. The molecule has 0 radical (unpaired) electrons. The molecule has 8 nitrogen and oxygen atoms in total. The molecule has 1 amide bonds. The lowest BCUT2D eigenvalue weighted by Gasteiger charge is -2.23. The number of carbonyl (C=O) groups is 1. The van der Waals surface area contributed by atoms with Crippen LogP contribution < -0.4 is 9.46 Å². The van der Waals surface area contributed by atoms with Crippen LogP contribution in [0, 0.1) is 22.7 Å². The van der Waals surface area contributed by atoms with Gasteiger partial charge in [-0.15, -0.1) is 0 Å². The first kappa shape index (κ1) is 22.4. The Morgan fingerprint density at radius 3 is 2.19 bits per heavy atom. The van der Waals surface area contributed by atoms with Crippen LogP contribution in [0.2, 0.25) is 0 Å². The summed E-state index contributed by atoms with van der Waals surface area (Å²) >= 11 is 0. The average molecular weight is 392 g/mol. The zero-order chi connectivity index (χ0) is 20.7. The maximum Gasteiger partial charge on any atom is 0.253 e. The Bertz CT molecular complexity index is 843. The minimum absolute atomic E-state index is 0.115. The third-order valence-corrected chi connectivity index (χ3v) is 5.19. The minimum atomic E-state index is -3.93. The second-order valence-electron chi connectivity index (χ2n) is 6.83. The zero-order valence-electron chi connectivity index (χ0n) is 15.9. The predicted molar refractivity (Wildman–Crippen MR) is 99.4 cm³/mol. The van der Waals surface area contributed by atoms with Crippen LogP contribution in [-0.2, 0) is 10.0 Å². The molecule has 1 N–H and O–H groups in total. The molecule has 0 atom stereocenters. The number of hydrogen-bond donors (Lipinski definition) is 1. The van der Waals surface area contributed by atoms with Gasteiger partial charge >= 0.3 is 0 Å². The van der Waals surface area contributed by atoms with Crippen LogP contribution in [-0.4, -0.2) is 45.0 Å². The molecule has 146 valence electrons. The molecule has 0 bridgehead atoms. The fraction of sp³-hybridized carbons (Fsp3) is 0.500. The number of rotatable bonds is 8. The Morgan fingerprint density at radius 2 is 1.74 bits per heavy atom. The van der Waals surface area contributed by atoms with E-state index in [0.29, 0.717) is 0 Å². The van der Waals surface area contributed by atoms with Crippen LogP contribution in [0.15, 0.2) is 23.1 Å². The Balaban J connectivity index is 3.32. The topological polar surface area (TPSA) is 123 Å². The number of hydrogen-bond acceptors (Lipinski definition) is 6.